The van der Waals surface area contributed by atoms with E-state index in [0.29, 0.717) is 10.6 Å². The van der Waals surface area contributed by atoms with Crippen LogP contribution in [0.15, 0.2) is 41.5 Å². The van der Waals surface area contributed by atoms with Crippen molar-refractivity contribution in [2.75, 3.05) is 6.61 Å². The van der Waals surface area contributed by atoms with Crippen molar-refractivity contribution in [1.29, 1.82) is 0 Å². The number of amides is 1. The lowest BCUT2D eigenvalue weighted by Crippen LogP contribution is -2.24. The molecular weight excluding hydrogens is 393 g/mol. The Morgan fingerprint density at radius 1 is 1.24 bits per heavy atom. The van der Waals surface area contributed by atoms with Gasteiger partial charge in [0.1, 0.15) is 0 Å². The Labute approximate surface area is 157 Å². The van der Waals surface area contributed by atoms with Crippen molar-refractivity contribution in [3.8, 4) is 5.75 Å². The average molecular weight is 403 g/mol. The van der Waals surface area contributed by atoms with Crippen LogP contribution in [-0.4, -0.2) is 23.7 Å². The first-order chi connectivity index (χ1) is 11.9. The Morgan fingerprint density at radius 2 is 1.96 bits per heavy atom. The van der Waals surface area contributed by atoms with E-state index in [9.17, 15) is 14.9 Å². The Hall–Kier alpha value is -2.35. The molecular formula is C15H10Cl3N3O4. The Morgan fingerprint density at radius 3 is 2.64 bits per heavy atom. The van der Waals surface area contributed by atoms with Gasteiger partial charge in [-0.15, -0.1) is 0 Å². The summed E-state index contributed by atoms with van der Waals surface area (Å²) in [5.41, 5.74) is 2.39. The van der Waals surface area contributed by atoms with Crippen LogP contribution < -0.4 is 10.2 Å². The molecule has 0 aromatic heterocycles. The fourth-order valence-electron chi connectivity index (χ4n) is 1.75. The zero-order chi connectivity index (χ0) is 18.4. The molecule has 0 unspecified atom stereocenters. The molecule has 130 valence electrons. The van der Waals surface area contributed by atoms with Crippen molar-refractivity contribution in [3.05, 3.63) is 67.1 Å². The van der Waals surface area contributed by atoms with Gasteiger partial charge in [-0.25, -0.2) is 5.43 Å². The Bertz CT molecular complexity index is 843. The third kappa shape index (κ3) is 5.32. The maximum atomic E-state index is 11.7. The number of ether oxygens (including phenoxy) is 1. The maximum Gasteiger partial charge on any atom is 0.314 e. The molecule has 0 aliphatic rings. The van der Waals surface area contributed by atoms with E-state index in [1.807, 2.05) is 0 Å². The molecule has 0 heterocycles. The number of benzene rings is 2. The summed E-state index contributed by atoms with van der Waals surface area (Å²) in [6.07, 6.45) is 1.36. The van der Waals surface area contributed by atoms with E-state index in [1.54, 1.807) is 24.3 Å². The lowest BCUT2D eigenvalue weighted by molar-refractivity contribution is -0.385. The number of hydrazone groups is 1. The predicted octanol–water partition coefficient (Wildman–Crippen LogP) is 4.08. The molecule has 7 nitrogen and oxygen atoms in total. The zero-order valence-electron chi connectivity index (χ0n) is 12.4. The van der Waals surface area contributed by atoms with E-state index >= 15 is 0 Å². The van der Waals surface area contributed by atoms with Gasteiger partial charge in [-0.1, -0.05) is 53.0 Å². The van der Waals surface area contributed by atoms with Gasteiger partial charge in [0, 0.05) is 21.7 Å². The SMILES string of the molecule is O=C(COc1c(Cl)cc(Cl)cc1[N+](=O)[O-])NN=Cc1ccccc1Cl. The van der Waals surface area contributed by atoms with Gasteiger partial charge in [-0.2, -0.15) is 5.10 Å². The van der Waals surface area contributed by atoms with E-state index in [-0.39, 0.29) is 15.8 Å². The highest BCUT2D eigenvalue weighted by atomic mass is 35.5. The van der Waals surface area contributed by atoms with E-state index in [4.69, 9.17) is 39.5 Å². The molecule has 1 amide bonds. The minimum atomic E-state index is -0.708. The van der Waals surface area contributed by atoms with Crippen molar-refractivity contribution >= 4 is 52.6 Å². The molecule has 0 spiro atoms. The summed E-state index contributed by atoms with van der Waals surface area (Å²) in [4.78, 5) is 22.0. The van der Waals surface area contributed by atoms with Gasteiger partial charge >= 0.3 is 5.69 Å². The van der Waals surface area contributed by atoms with E-state index in [2.05, 4.69) is 10.5 Å². The summed E-state index contributed by atoms with van der Waals surface area (Å²) >= 11 is 17.5. The molecule has 2 aromatic carbocycles. The molecule has 0 radical (unpaired) electrons. The van der Waals surface area contributed by atoms with Crippen LogP contribution in [0.3, 0.4) is 0 Å². The van der Waals surface area contributed by atoms with Gasteiger partial charge in [0.2, 0.25) is 5.75 Å². The molecule has 2 rings (SSSR count). The van der Waals surface area contributed by atoms with Crippen LogP contribution in [0.2, 0.25) is 15.1 Å². The van der Waals surface area contributed by atoms with Gasteiger partial charge in [0.05, 0.1) is 16.2 Å². The quantitative estimate of drug-likeness (QED) is 0.447. The Kier molecular flexibility index (Phi) is 6.58. The van der Waals surface area contributed by atoms with Gasteiger partial charge in [-0.05, 0) is 12.1 Å². The van der Waals surface area contributed by atoms with E-state index in [1.165, 1.54) is 12.3 Å². The van der Waals surface area contributed by atoms with Gasteiger partial charge in [-0.3, -0.25) is 14.9 Å². The summed E-state index contributed by atoms with van der Waals surface area (Å²) in [5, 5.41) is 15.2. The number of hydrogen-bond donors (Lipinski definition) is 1. The first kappa shape index (κ1) is 19.0. The maximum absolute atomic E-state index is 11.7. The second-order valence-electron chi connectivity index (χ2n) is 4.60. The molecule has 25 heavy (non-hydrogen) atoms. The second-order valence-corrected chi connectivity index (χ2v) is 5.85. The van der Waals surface area contributed by atoms with E-state index in [0.717, 1.165) is 6.07 Å². The van der Waals surface area contributed by atoms with E-state index < -0.39 is 23.1 Å². The topological polar surface area (TPSA) is 93.8 Å². The van der Waals surface area contributed by atoms with Crippen LogP contribution in [-0.2, 0) is 4.79 Å². The van der Waals surface area contributed by atoms with Crippen LogP contribution >= 0.6 is 34.8 Å². The summed E-state index contributed by atoms with van der Waals surface area (Å²) < 4.78 is 5.13. The summed E-state index contributed by atoms with van der Waals surface area (Å²) in [6.45, 7) is -0.526. The number of nitro groups is 1. The number of carbonyl (C=O) groups excluding carboxylic acids is 1. The molecule has 10 heteroatoms. The molecule has 0 aliphatic carbocycles. The molecule has 0 atom stereocenters. The zero-order valence-corrected chi connectivity index (χ0v) is 14.7. The van der Waals surface area contributed by atoms with Crippen LogP contribution in [0.4, 0.5) is 5.69 Å². The van der Waals surface area contributed by atoms with Crippen molar-refractivity contribution < 1.29 is 14.5 Å². The molecule has 0 saturated carbocycles. The third-order valence-electron chi connectivity index (χ3n) is 2.83. The first-order valence-electron chi connectivity index (χ1n) is 6.71. The fraction of sp³-hybridized carbons (Fsp3) is 0.0667. The normalized spacial score (nSPS) is 10.7. The van der Waals surface area contributed by atoms with Crippen molar-refractivity contribution in [2.24, 2.45) is 5.10 Å². The summed E-state index contributed by atoms with van der Waals surface area (Å²) in [5.74, 6) is -0.884. The lowest BCUT2D eigenvalue weighted by atomic mass is 10.2. The van der Waals surface area contributed by atoms with Crippen molar-refractivity contribution in [2.45, 2.75) is 0 Å². The number of rotatable bonds is 6. The number of hydrogen-bond acceptors (Lipinski definition) is 5. The minimum absolute atomic E-state index is 0.0773. The van der Waals surface area contributed by atoms with Gasteiger partial charge in [0.25, 0.3) is 5.91 Å². The molecule has 0 bridgehead atoms. The smallest absolute Gasteiger partial charge is 0.314 e. The summed E-state index contributed by atoms with van der Waals surface area (Å²) in [6, 6.07) is 9.27. The monoisotopic (exact) mass is 401 g/mol. The largest absolute Gasteiger partial charge is 0.476 e. The highest BCUT2D eigenvalue weighted by Crippen LogP contribution is 2.37. The number of nitro benzene ring substituents is 1. The highest BCUT2D eigenvalue weighted by molar-refractivity contribution is 6.36. The number of nitrogens with zero attached hydrogens (tertiary/aromatic N) is 2. The second kappa shape index (κ2) is 8.66. The molecule has 2 aromatic rings. The molecule has 0 aliphatic heterocycles. The number of halogens is 3. The van der Waals surface area contributed by atoms with Crippen LogP contribution in [0, 0.1) is 10.1 Å². The molecule has 1 N–H and O–H groups in total. The summed E-state index contributed by atoms with van der Waals surface area (Å²) in [7, 11) is 0. The number of nitrogens with one attached hydrogen (secondary N) is 1. The third-order valence-corrected chi connectivity index (χ3v) is 3.67. The average Bonchev–Trinajstić information content (AvgIpc) is 2.55. The Balaban J connectivity index is 1.99. The highest BCUT2D eigenvalue weighted by Gasteiger charge is 2.21. The van der Waals surface area contributed by atoms with Crippen LogP contribution in [0.1, 0.15) is 5.56 Å². The first-order valence-corrected chi connectivity index (χ1v) is 7.84. The molecule has 0 fully saturated rings. The standard InChI is InChI=1S/C15H10Cl3N3O4/c16-10-5-12(18)15(13(6-10)21(23)24)25-8-14(22)20-19-7-9-3-1-2-4-11(9)17/h1-7H,8H2,(H,20,22). The molecule has 0 saturated heterocycles. The van der Waals surface area contributed by atoms with Gasteiger partial charge < -0.3 is 4.74 Å². The van der Waals surface area contributed by atoms with Crippen LogP contribution in [0.5, 0.6) is 5.75 Å². The fourth-order valence-corrected chi connectivity index (χ4v) is 2.47. The van der Waals surface area contributed by atoms with Gasteiger partial charge in [0.15, 0.2) is 6.61 Å². The van der Waals surface area contributed by atoms with Crippen LogP contribution in [0.25, 0.3) is 0 Å². The number of carbonyl (C=O) groups is 1. The predicted molar refractivity (Wildman–Crippen MR) is 95.8 cm³/mol. The lowest BCUT2D eigenvalue weighted by Gasteiger charge is -2.08. The minimum Gasteiger partial charge on any atom is -0.476 e. The van der Waals surface area contributed by atoms with Crippen molar-refractivity contribution in [1.82, 2.24) is 5.43 Å². The van der Waals surface area contributed by atoms with Crippen molar-refractivity contribution in [3.63, 3.8) is 0 Å².